The predicted octanol–water partition coefficient (Wildman–Crippen LogP) is 3.98. The highest BCUT2D eigenvalue weighted by Gasteiger charge is 2.45. The second-order valence-corrected chi connectivity index (χ2v) is 11.5. The van der Waals surface area contributed by atoms with E-state index in [-0.39, 0.29) is 11.9 Å². The summed E-state index contributed by atoms with van der Waals surface area (Å²) in [6, 6.07) is 11.8. The van der Waals surface area contributed by atoms with Gasteiger partial charge in [-0.3, -0.25) is 4.79 Å². The summed E-state index contributed by atoms with van der Waals surface area (Å²) >= 11 is 0. The van der Waals surface area contributed by atoms with Crippen LogP contribution in [0, 0.1) is 0 Å². The third-order valence-corrected chi connectivity index (χ3v) is 10.2. The van der Waals surface area contributed by atoms with Crippen molar-refractivity contribution in [3.63, 3.8) is 0 Å². The molecule has 0 spiro atoms. The Morgan fingerprint density at radius 1 is 1.12 bits per heavy atom. The second-order valence-electron chi connectivity index (χ2n) is 6.80. The van der Waals surface area contributed by atoms with Crippen LogP contribution in [-0.4, -0.2) is 45.5 Å². The maximum Gasteiger partial charge on any atom is 0.338 e. The highest BCUT2D eigenvalue weighted by atomic mass is 28.4. The summed E-state index contributed by atoms with van der Waals surface area (Å²) in [5, 5.41) is 0. The van der Waals surface area contributed by atoms with Crippen molar-refractivity contribution in [1.29, 1.82) is 0 Å². The first-order valence-corrected chi connectivity index (χ1v) is 12.0. The van der Waals surface area contributed by atoms with E-state index in [9.17, 15) is 9.59 Å². The molecule has 2 rings (SSSR count). The van der Waals surface area contributed by atoms with E-state index in [1.165, 1.54) is 0 Å². The minimum absolute atomic E-state index is 0.0993. The van der Waals surface area contributed by atoms with Crippen molar-refractivity contribution in [3.05, 3.63) is 35.9 Å². The van der Waals surface area contributed by atoms with Crippen LogP contribution in [0.2, 0.25) is 18.1 Å². The van der Waals surface area contributed by atoms with E-state index in [1.807, 2.05) is 6.07 Å². The van der Waals surface area contributed by atoms with Gasteiger partial charge in [-0.25, -0.2) is 4.79 Å². The lowest BCUT2D eigenvalue weighted by molar-refractivity contribution is -0.150. The van der Waals surface area contributed by atoms with Crippen LogP contribution in [0.1, 0.15) is 44.0 Å². The molecule has 1 saturated carbocycles. The molecule has 0 saturated heterocycles. The van der Waals surface area contributed by atoms with E-state index >= 15 is 0 Å². The van der Waals surface area contributed by atoms with Gasteiger partial charge in [0.15, 0.2) is 20.2 Å². The first-order chi connectivity index (χ1) is 12.5. The third-order valence-electron chi connectivity index (χ3n) is 5.51. The maximum atomic E-state index is 12.4. The van der Waals surface area contributed by atoms with Crippen LogP contribution in [0.25, 0.3) is 0 Å². The fourth-order valence-electron chi connectivity index (χ4n) is 3.58. The van der Waals surface area contributed by atoms with Gasteiger partial charge in [0.1, 0.15) is 6.10 Å². The zero-order valence-corrected chi connectivity index (χ0v) is 17.2. The number of hydrogen-bond donors (Lipinski definition) is 0. The van der Waals surface area contributed by atoms with E-state index in [0.717, 1.165) is 18.1 Å². The van der Waals surface area contributed by atoms with Crippen LogP contribution in [0.15, 0.2) is 30.3 Å². The fraction of sp³-hybridized carbons (Fsp3) is 0.600. The molecule has 144 valence electrons. The van der Waals surface area contributed by atoms with Crippen molar-refractivity contribution in [2.45, 2.75) is 70.1 Å². The molecule has 1 aliphatic carbocycles. The average molecular weight is 379 g/mol. The standard InChI is InChI=1S/C20H30O5Si/c1-5-26(6-2,7-3)25-17-14-13-16(21)18(19(17)23-4)24-20(22)15-11-9-8-10-12-15/h8-12,17-19H,5-7,13-14H2,1-4H3/t17-,18-,19-/m1/s1. The van der Waals surface area contributed by atoms with Crippen molar-refractivity contribution < 1.29 is 23.5 Å². The quantitative estimate of drug-likeness (QED) is 0.506. The normalized spacial score (nSPS) is 23.7. The zero-order chi connectivity index (χ0) is 19.2. The molecule has 1 fully saturated rings. The molecule has 0 aliphatic heterocycles. The van der Waals surface area contributed by atoms with E-state index in [0.29, 0.717) is 18.4 Å². The molecule has 0 bridgehead atoms. The van der Waals surface area contributed by atoms with Crippen LogP contribution < -0.4 is 0 Å². The first kappa shape index (κ1) is 20.8. The lowest BCUT2D eigenvalue weighted by Crippen LogP contribution is -2.54. The molecule has 0 heterocycles. The largest absolute Gasteiger partial charge is 0.448 e. The van der Waals surface area contributed by atoms with Crippen LogP contribution in [0.3, 0.4) is 0 Å². The Bertz CT molecular complexity index is 591. The van der Waals surface area contributed by atoms with Gasteiger partial charge in [0.05, 0.1) is 11.7 Å². The molecular weight excluding hydrogens is 348 g/mol. The number of esters is 1. The fourth-order valence-corrected chi connectivity index (χ4v) is 6.48. The summed E-state index contributed by atoms with van der Waals surface area (Å²) in [6.07, 6.45) is -0.716. The molecule has 3 atom stereocenters. The SMILES string of the molecule is CC[Si](CC)(CC)O[C@@H]1CCC(=O)[C@@H](OC(=O)c2ccccc2)[C@@H]1OC. The average Bonchev–Trinajstić information content (AvgIpc) is 2.69. The van der Waals surface area contributed by atoms with Gasteiger partial charge >= 0.3 is 5.97 Å². The Hall–Kier alpha value is -1.50. The van der Waals surface area contributed by atoms with E-state index in [2.05, 4.69) is 20.8 Å². The Morgan fingerprint density at radius 3 is 2.27 bits per heavy atom. The molecule has 0 radical (unpaired) electrons. The molecule has 0 N–H and O–H groups in total. The van der Waals surface area contributed by atoms with Gasteiger partial charge in [0.25, 0.3) is 0 Å². The summed E-state index contributed by atoms with van der Waals surface area (Å²) in [4.78, 5) is 24.9. The third kappa shape index (κ3) is 4.61. The summed E-state index contributed by atoms with van der Waals surface area (Å²) in [6.45, 7) is 6.51. The van der Waals surface area contributed by atoms with Gasteiger partial charge in [-0.05, 0) is 36.7 Å². The molecular formula is C20H30O5Si. The zero-order valence-electron chi connectivity index (χ0n) is 16.2. The van der Waals surface area contributed by atoms with E-state index < -0.39 is 26.5 Å². The second kappa shape index (κ2) is 9.44. The van der Waals surface area contributed by atoms with E-state index in [4.69, 9.17) is 13.9 Å². The van der Waals surface area contributed by atoms with Gasteiger partial charge in [-0.2, -0.15) is 0 Å². The lowest BCUT2D eigenvalue weighted by Gasteiger charge is -2.41. The number of carbonyl (C=O) groups is 2. The van der Waals surface area contributed by atoms with Gasteiger partial charge in [0.2, 0.25) is 0 Å². The number of Topliss-reactive ketones (excluding diaryl/α,β-unsaturated/α-hetero) is 1. The molecule has 6 heteroatoms. The molecule has 26 heavy (non-hydrogen) atoms. The number of hydrogen-bond acceptors (Lipinski definition) is 5. The molecule has 1 aliphatic rings. The number of ether oxygens (including phenoxy) is 2. The van der Waals surface area contributed by atoms with Gasteiger partial charge in [0, 0.05) is 13.5 Å². The van der Waals surface area contributed by atoms with Crippen molar-refractivity contribution in [3.8, 4) is 0 Å². The number of benzene rings is 1. The molecule has 1 aromatic rings. The van der Waals surface area contributed by atoms with Crippen molar-refractivity contribution in [1.82, 2.24) is 0 Å². The Balaban J connectivity index is 2.17. The molecule has 0 unspecified atom stereocenters. The van der Waals surface area contributed by atoms with Crippen LogP contribution >= 0.6 is 0 Å². The van der Waals surface area contributed by atoms with E-state index in [1.54, 1.807) is 31.4 Å². The number of methoxy groups -OCH3 is 1. The topological polar surface area (TPSA) is 61.8 Å². The van der Waals surface area contributed by atoms with Crippen LogP contribution in [0.4, 0.5) is 0 Å². The summed E-state index contributed by atoms with van der Waals surface area (Å²) in [7, 11) is -0.299. The highest BCUT2D eigenvalue weighted by molar-refractivity contribution is 6.73. The minimum Gasteiger partial charge on any atom is -0.448 e. The maximum absolute atomic E-state index is 12.4. The predicted molar refractivity (Wildman–Crippen MR) is 103 cm³/mol. The van der Waals surface area contributed by atoms with Crippen molar-refractivity contribution in [2.75, 3.05) is 7.11 Å². The highest BCUT2D eigenvalue weighted by Crippen LogP contribution is 2.31. The molecule has 0 amide bonds. The first-order valence-electron chi connectivity index (χ1n) is 9.49. The van der Waals surface area contributed by atoms with Gasteiger partial charge in [-0.15, -0.1) is 0 Å². The van der Waals surface area contributed by atoms with Crippen molar-refractivity contribution >= 4 is 20.1 Å². The molecule has 0 aromatic heterocycles. The minimum atomic E-state index is -1.85. The summed E-state index contributed by atoms with van der Waals surface area (Å²) < 4.78 is 17.7. The number of rotatable bonds is 8. The van der Waals surface area contributed by atoms with Crippen LogP contribution in [-0.2, 0) is 18.7 Å². The van der Waals surface area contributed by atoms with Crippen molar-refractivity contribution in [2.24, 2.45) is 0 Å². The molecule has 1 aromatic carbocycles. The number of carbonyl (C=O) groups excluding carboxylic acids is 2. The molecule has 5 nitrogen and oxygen atoms in total. The smallest absolute Gasteiger partial charge is 0.338 e. The Labute approximate surface area is 157 Å². The Kier molecular flexibility index (Phi) is 7.55. The van der Waals surface area contributed by atoms with Gasteiger partial charge in [-0.1, -0.05) is 39.0 Å². The Morgan fingerprint density at radius 2 is 1.73 bits per heavy atom. The summed E-state index contributed by atoms with van der Waals surface area (Å²) in [5.74, 6) is -0.602. The summed E-state index contributed by atoms with van der Waals surface area (Å²) in [5.41, 5.74) is 0.428. The number of ketones is 1. The van der Waals surface area contributed by atoms with Crippen LogP contribution in [0.5, 0.6) is 0 Å². The van der Waals surface area contributed by atoms with Gasteiger partial charge < -0.3 is 13.9 Å². The monoisotopic (exact) mass is 378 g/mol. The lowest BCUT2D eigenvalue weighted by atomic mass is 9.90.